The van der Waals surface area contributed by atoms with Crippen molar-refractivity contribution in [2.45, 2.75) is 76.5 Å². The topological polar surface area (TPSA) is 127 Å². The molecule has 2 amide bonds. The predicted molar refractivity (Wildman–Crippen MR) is 189 cm³/mol. The van der Waals surface area contributed by atoms with Gasteiger partial charge in [0.1, 0.15) is 5.75 Å². The van der Waals surface area contributed by atoms with E-state index in [2.05, 4.69) is 17.4 Å². The van der Waals surface area contributed by atoms with Gasteiger partial charge in [-0.2, -0.15) is 0 Å². The predicted octanol–water partition coefficient (Wildman–Crippen LogP) is 7.18. The number of aryl methyl sites for hydroxylation is 1. The maximum absolute atomic E-state index is 14.4. The van der Waals surface area contributed by atoms with Crippen molar-refractivity contribution < 1.29 is 26.9 Å². The number of hydrogen-bond donors (Lipinski definition) is 2. The molecule has 1 aliphatic heterocycles. The number of amides is 2. The summed E-state index contributed by atoms with van der Waals surface area (Å²) < 4.78 is 18.6. The van der Waals surface area contributed by atoms with E-state index in [4.69, 9.17) is 27.3 Å². The first-order valence-corrected chi connectivity index (χ1v) is 20.9. The van der Waals surface area contributed by atoms with Crippen molar-refractivity contribution >= 4 is 37.9 Å². The fourth-order valence-electron chi connectivity index (χ4n) is 6.69. The second-order valence-corrected chi connectivity index (χ2v) is 17.9. The fraction of sp³-hybridized carbons (Fsp3) is 0.556. The molecule has 1 aromatic carbocycles. The van der Waals surface area contributed by atoms with Crippen molar-refractivity contribution in [1.82, 2.24) is 15.3 Å². The van der Waals surface area contributed by atoms with Crippen molar-refractivity contribution in [1.29, 1.82) is 0 Å². The molecular formula is C36H47IN4O6. The van der Waals surface area contributed by atoms with Gasteiger partial charge in [0, 0.05) is 0 Å². The molecule has 254 valence electrons. The maximum atomic E-state index is 14.4. The Labute approximate surface area is 285 Å². The number of aliphatic hydroxyl groups is 1. The van der Waals surface area contributed by atoms with E-state index in [1.54, 1.807) is 13.4 Å². The number of pyridine rings is 1. The summed E-state index contributed by atoms with van der Waals surface area (Å²) in [5, 5.41) is 11.7. The van der Waals surface area contributed by atoms with Crippen LogP contribution in [0.5, 0.6) is 5.75 Å². The minimum atomic E-state index is -1.93. The van der Waals surface area contributed by atoms with Crippen molar-refractivity contribution in [2.75, 3.05) is 40.6 Å². The van der Waals surface area contributed by atoms with E-state index in [9.17, 15) is 9.59 Å². The second kappa shape index (κ2) is 15.8. The Balaban J connectivity index is 1.14. The summed E-state index contributed by atoms with van der Waals surface area (Å²) in [6.07, 6.45) is 9.76. The van der Waals surface area contributed by atoms with Gasteiger partial charge >= 0.3 is 237 Å². The molecule has 0 radical (unpaired) electrons. The quantitative estimate of drug-likeness (QED) is 0.113. The van der Waals surface area contributed by atoms with E-state index in [1.165, 1.54) is 0 Å². The van der Waals surface area contributed by atoms with Crippen LogP contribution >= 0.6 is 20.2 Å². The number of rotatable bonds is 12. The third-order valence-corrected chi connectivity index (χ3v) is 14.3. The van der Waals surface area contributed by atoms with Crippen LogP contribution in [-0.2, 0) is 7.86 Å². The van der Waals surface area contributed by atoms with E-state index in [-0.39, 0.29) is 24.5 Å². The van der Waals surface area contributed by atoms with E-state index < -0.39 is 20.2 Å². The average Bonchev–Trinajstić information content (AvgIpc) is 3.83. The number of aromatic nitrogens is 2. The number of aliphatic hydroxyl groups excluding tert-OH is 1. The molecule has 0 spiro atoms. The summed E-state index contributed by atoms with van der Waals surface area (Å²) in [6, 6.07) is 12.3. The standard InChI is InChI=1S/C36H47IN4O6/c1-24-33(45-2)14-13-31(39-24)26-9-7-25(8-10-26)22-41(30-6-3-5-29(21-30)32-23-46-34(40-32)27-11-12-27)35(43)28-15-17-37(18-16-28)47-36(44)38-19-4-20-42/h3,5-6,13-14,21,23,25-28,42H,4,7-12,15-20,22H2,1-2H3,(H,38,44). The van der Waals surface area contributed by atoms with Gasteiger partial charge in [0.05, 0.1) is 12.8 Å². The average molecular weight is 759 g/mol. The molecule has 6 rings (SSSR count). The minimum absolute atomic E-state index is 0.0346. The van der Waals surface area contributed by atoms with Gasteiger partial charge in [-0.05, 0) is 25.8 Å². The molecule has 0 bridgehead atoms. The number of benzene rings is 1. The number of carbonyl (C=O) groups excluding carboxylic acids is 2. The number of nitrogens with one attached hydrogen (secondary N) is 1. The Hall–Kier alpha value is -3.19. The zero-order valence-electron chi connectivity index (χ0n) is 27.5. The van der Waals surface area contributed by atoms with Crippen LogP contribution in [0.15, 0.2) is 47.1 Å². The first-order chi connectivity index (χ1) is 22.9. The van der Waals surface area contributed by atoms with Gasteiger partial charge in [-0.1, -0.05) is 0 Å². The SMILES string of the molecule is COc1ccc(C2CCC(CN(C(=O)C3CCI(OC(=O)NCCCO)CC3)c3cccc(-c4coc(C5CC5)n4)c3)CC2)nc1C. The third-order valence-electron chi connectivity index (χ3n) is 9.62. The summed E-state index contributed by atoms with van der Waals surface area (Å²) >= 11 is -1.93. The zero-order valence-corrected chi connectivity index (χ0v) is 29.6. The molecule has 1 saturated heterocycles. The molecule has 3 aromatic rings. The summed E-state index contributed by atoms with van der Waals surface area (Å²) in [5.41, 5.74) is 4.72. The Morgan fingerprint density at radius 2 is 1.79 bits per heavy atom. The normalized spacial score (nSPS) is 20.9. The minimum Gasteiger partial charge on any atom is -0.0184 e. The Bertz CT molecular complexity index is 1510. The molecule has 47 heavy (non-hydrogen) atoms. The molecule has 2 aromatic heterocycles. The summed E-state index contributed by atoms with van der Waals surface area (Å²) in [5.74, 6) is 2.94. The molecule has 0 atom stereocenters. The van der Waals surface area contributed by atoms with Crippen LogP contribution in [0.1, 0.15) is 86.9 Å². The van der Waals surface area contributed by atoms with Crippen molar-refractivity contribution in [3.05, 3.63) is 59.9 Å². The number of oxazole rings is 1. The molecule has 3 aliphatic rings. The van der Waals surface area contributed by atoms with Crippen molar-refractivity contribution in [2.24, 2.45) is 11.8 Å². The van der Waals surface area contributed by atoms with Crippen LogP contribution < -0.4 is 15.0 Å². The molecule has 10 nitrogen and oxygen atoms in total. The number of alkyl halides is 2. The fourth-order valence-corrected chi connectivity index (χ4v) is 11.3. The zero-order chi connectivity index (χ0) is 32.8. The molecule has 2 aliphatic carbocycles. The van der Waals surface area contributed by atoms with Crippen LogP contribution in [0.3, 0.4) is 0 Å². The monoisotopic (exact) mass is 758 g/mol. The van der Waals surface area contributed by atoms with Crippen LogP contribution in [-0.4, -0.2) is 62.7 Å². The van der Waals surface area contributed by atoms with Crippen LogP contribution in [0.2, 0.25) is 0 Å². The summed E-state index contributed by atoms with van der Waals surface area (Å²) in [4.78, 5) is 38.2. The van der Waals surface area contributed by atoms with E-state index in [0.717, 1.165) is 100 Å². The van der Waals surface area contributed by atoms with Crippen molar-refractivity contribution in [3.8, 4) is 17.0 Å². The molecule has 0 unspecified atom stereocenters. The van der Waals surface area contributed by atoms with Gasteiger partial charge in [0.25, 0.3) is 0 Å². The molecule has 3 fully saturated rings. The molecule has 2 saturated carbocycles. The van der Waals surface area contributed by atoms with Gasteiger partial charge in [-0.15, -0.1) is 0 Å². The molecule has 11 heteroatoms. The number of carbonyl (C=O) groups is 2. The number of methoxy groups -OCH3 is 1. The Morgan fingerprint density at radius 3 is 2.49 bits per heavy atom. The second-order valence-electron chi connectivity index (χ2n) is 13.0. The van der Waals surface area contributed by atoms with Gasteiger partial charge in [-0.3, -0.25) is 0 Å². The van der Waals surface area contributed by atoms with E-state index in [1.807, 2.05) is 36.1 Å². The first-order valence-electron chi connectivity index (χ1n) is 17.0. The Kier molecular flexibility index (Phi) is 11.3. The summed E-state index contributed by atoms with van der Waals surface area (Å²) in [7, 11) is 1.68. The van der Waals surface area contributed by atoms with Crippen LogP contribution in [0, 0.1) is 18.8 Å². The number of nitrogens with zero attached hydrogens (tertiary/aromatic N) is 3. The molecule has 3 heterocycles. The van der Waals surface area contributed by atoms with Gasteiger partial charge < -0.3 is 4.74 Å². The number of anilines is 1. The van der Waals surface area contributed by atoms with Crippen LogP contribution in [0.4, 0.5) is 10.5 Å². The summed E-state index contributed by atoms with van der Waals surface area (Å²) in [6.45, 7) is 3.11. The van der Waals surface area contributed by atoms with Gasteiger partial charge in [0.2, 0.25) is 0 Å². The van der Waals surface area contributed by atoms with Gasteiger partial charge in [-0.25, -0.2) is 0 Å². The van der Waals surface area contributed by atoms with E-state index in [0.29, 0.717) is 37.3 Å². The smallest absolute Gasteiger partial charge is 0.0184 e. The first kappa shape index (κ1) is 33.7. The van der Waals surface area contributed by atoms with Gasteiger partial charge in [0.15, 0.2) is 0 Å². The van der Waals surface area contributed by atoms with E-state index >= 15 is 0 Å². The number of ether oxygens (including phenoxy) is 1. The van der Waals surface area contributed by atoms with Crippen LogP contribution in [0.25, 0.3) is 11.3 Å². The molecular weight excluding hydrogens is 711 g/mol. The van der Waals surface area contributed by atoms with Crippen molar-refractivity contribution in [3.63, 3.8) is 0 Å². The molecule has 2 N–H and O–H groups in total. The number of hydrogen-bond acceptors (Lipinski definition) is 8. The number of halogens is 1. The Morgan fingerprint density at radius 1 is 1.02 bits per heavy atom. The third kappa shape index (κ3) is 8.65.